The van der Waals surface area contributed by atoms with Gasteiger partial charge in [0, 0.05) is 0 Å². The van der Waals surface area contributed by atoms with Gasteiger partial charge >= 0.3 is 0 Å². The van der Waals surface area contributed by atoms with E-state index in [1.54, 1.807) is 6.07 Å². The van der Waals surface area contributed by atoms with Crippen LogP contribution >= 0.6 is 0 Å². The summed E-state index contributed by atoms with van der Waals surface area (Å²) in [6.07, 6.45) is 1.85. The number of benzene rings is 1. The van der Waals surface area contributed by atoms with E-state index in [4.69, 9.17) is 0 Å². The van der Waals surface area contributed by atoms with Crippen molar-refractivity contribution in [1.82, 2.24) is 0 Å². The fourth-order valence-electron chi connectivity index (χ4n) is 1.59. The molecule has 0 aliphatic carbocycles. The first-order valence-corrected chi connectivity index (χ1v) is 4.98. The molecular weight excluding hydrogens is 175 g/mol. The van der Waals surface area contributed by atoms with E-state index in [-0.39, 0.29) is 11.7 Å². The standard InChI is InChI=1S/C13H17F/c1-5-10(4)13-8-11(14)6-7-12(13)9(2)3/h5-10H,1H2,2-4H3. The van der Waals surface area contributed by atoms with Crippen molar-refractivity contribution in [2.24, 2.45) is 0 Å². The molecule has 1 atom stereocenters. The van der Waals surface area contributed by atoms with Gasteiger partial charge in [0.15, 0.2) is 0 Å². The average molecular weight is 192 g/mol. The van der Waals surface area contributed by atoms with Gasteiger partial charge in [0.2, 0.25) is 0 Å². The molecule has 0 aromatic heterocycles. The van der Waals surface area contributed by atoms with Crippen LogP contribution < -0.4 is 0 Å². The number of hydrogen-bond donors (Lipinski definition) is 0. The van der Waals surface area contributed by atoms with Crippen molar-refractivity contribution in [3.8, 4) is 0 Å². The normalized spacial score (nSPS) is 12.9. The van der Waals surface area contributed by atoms with Crippen LogP contribution in [0.3, 0.4) is 0 Å². The maximum atomic E-state index is 13.1. The zero-order chi connectivity index (χ0) is 10.7. The second kappa shape index (κ2) is 4.41. The van der Waals surface area contributed by atoms with Crippen molar-refractivity contribution in [2.75, 3.05) is 0 Å². The molecule has 0 amide bonds. The Bertz CT molecular complexity index is 326. The fraction of sp³-hybridized carbons (Fsp3) is 0.385. The molecule has 0 heterocycles. The smallest absolute Gasteiger partial charge is 0.123 e. The van der Waals surface area contributed by atoms with Crippen LogP contribution in [0.15, 0.2) is 30.9 Å². The Morgan fingerprint density at radius 2 is 1.86 bits per heavy atom. The first kappa shape index (κ1) is 11.0. The van der Waals surface area contributed by atoms with Crippen molar-refractivity contribution in [3.63, 3.8) is 0 Å². The van der Waals surface area contributed by atoms with Crippen LogP contribution in [0.25, 0.3) is 0 Å². The van der Waals surface area contributed by atoms with Gasteiger partial charge in [0.25, 0.3) is 0 Å². The zero-order valence-electron chi connectivity index (χ0n) is 9.05. The first-order valence-electron chi connectivity index (χ1n) is 4.98. The van der Waals surface area contributed by atoms with E-state index in [0.717, 1.165) is 5.56 Å². The Kier molecular flexibility index (Phi) is 3.45. The summed E-state index contributed by atoms with van der Waals surface area (Å²) >= 11 is 0. The van der Waals surface area contributed by atoms with E-state index in [9.17, 15) is 4.39 Å². The third kappa shape index (κ3) is 2.22. The minimum atomic E-state index is -0.168. The average Bonchev–Trinajstić information content (AvgIpc) is 2.16. The molecule has 1 unspecified atom stereocenters. The van der Waals surface area contributed by atoms with E-state index in [0.29, 0.717) is 5.92 Å². The van der Waals surface area contributed by atoms with Crippen molar-refractivity contribution in [2.45, 2.75) is 32.6 Å². The van der Waals surface area contributed by atoms with Gasteiger partial charge in [-0.1, -0.05) is 32.9 Å². The lowest BCUT2D eigenvalue weighted by Crippen LogP contribution is -1.99. The molecule has 1 aromatic carbocycles. The van der Waals surface area contributed by atoms with Gasteiger partial charge < -0.3 is 0 Å². The number of rotatable bonds is 3. The van der Waals surface area contributed by atoms with E-state index < -0.39 is 0 Å². The Labute approximate surface area is 85.5 Å². The Hall–Kier alpha value is -1.11. The molecule has 1 heteroatoms. The van der Waals surface area contributed by atoms with E-state index in [1.165, 1.54) is 11.6 Å². The van der Waals surface area contributed by atoms with E-state index >= 15 is 0 Å². The van der Waals surface area contributed by atoms with Gasteiger partial charge in [-0.25, -0.2) is 4.39 Å². The highest BCUT2D eigenvalue weighted by molar-refractivity contribution is 5.34. The summed E-state index contributed by atoms with van der Waals surface area (Å²) in [6, 6.07) is 5.01. The SMILES string of the molecule is C=CC(C)c1cc(F)ccc1C(C)C. The summed E-state index contributed by atoms with van der Waals surface area (Å²) in [6.45, 7) is 10.0. The lowest BCUT2D eigenvalue weighted by Gasteiger charge is -2.16. The Balaban J connectivity index is 3.22. The molecule has 14 heavy (non-hydrogen) atoms. The molecule has 0 fully saturated rings. The summed E-state index contributed by atoms with van der Waals surface area (Å²) in [4.78, 5) is 0. The third-order valence-corrected chi connectivity index (χ3v) is 2.51. The van der Waals surface area contributed by atoms with Crippen molar-refractivity contribution >= 4 is 0 Å². The molecule has 76 valence electrons. The summed E-state index contributed by atoms with van der Waals surface area (Å²) in [5.74, 6) is 0.467. The predicted octanol–water partition coefficient (Wildman–Crippen LogP) is 4.24. The molecule has 0 saturated heterocycles. The number of hydrogen-bond acceptors (Lipinski definition) is 0. The molecule has 0 spiro atoms. The molecule has 1 rings (SSSR count). The monoisotopic (exact) mass is 192 g/mol. The van der Waals surface area contributed by atoms with Crippen LogP contribution in [0.2, 0.25) is 0 Å². The predicted molar refractivity (Wildman–Crippen MR) is 59.1 cm³/mol. The van der Waals surface area contributed by atoms with Crippen LogP contribution in [-0.4, -0.2) is 0 Å². The second-order valence-electron chi connectivity index (χ2n) is 3.95. The molecule has 0 aliphatic heterocycles. The molecule has 0 bridgehead atoms. The number of allylic oxidation sites excluding steroid dienone is 1. The van der Waals surface area contributed by atoms with Crippen LogP contribution in [0.4, 0.5) is 4.39 Å². The molecule has 0 saturated carbocycles. The highest BCUT2D eigenvalue weighted by Gasteiger charge is 2.11. The molecule has 1 aromatic rings. The maximum Gasteiger partial charge on any atom is 0.123 e. The van der Waals surface area contributed by atoms with Gasteiger partial charge in [-0.3, -0.25) is 0 Å². The number of halogens is 1. The van der Waals surface area contributed by atoms with Crippen LogP contribution in [-0.2, 0) is 0 Å². The van der Waals surface area contributed by atoms with Gasteiger partial charge in [-0.05, 0) is 35.1 Å². The van der Waals surface area contributed by atoms with Crippen molar-refractivity contribution < 1.29 is 4.39 Å². The van der Waals surface area contributed by atoms with Gasteiger partial charge in [-0.15, -0.1) is 6.58 Å². The Morgan fingerprint density at radius 3 is 2.36 bits per heavy atom. The summed E-state index contributed by atoms with van der Waals surface area (Å²) in [5.41, 5.74) is 2.26. The summed E-state index contributed by atoms with van der Waals surface area (Å²) in [5, 5.41) is 0. The largest absolute Gasteiger partial charge is 0.207 e. The highest BCUT2D eigenvalue weighted by atomic mass is 19.1. The van der Waals surface area contributed by atoms with Crippen LogP contribution in [0, 0.1) is 5.82 Å². The topological polar surface area (TPSA) is 0 Å². The molecular formula is C13H17F. The van der Waals surface area contributed by atoms with Crippen molar-refractivity contribution in [3.05, 3.63) is 47.8 Å². The van der Waals surface area contributed by atoms with Gasteiger partial charge in [-0.2, -0.15) is 0 Å². The first-order chi connectivity index (χ1) is 6.56. The highest BCUT2D eigenvalue weighted by Crippen LogP contribution is 2.27. The molecule has 0 N–H and O–H groups in total. The minimum Gasteiger partial charge on any atom is -0.207 e. The summed E-state index contributed by atoms with van der Waals surface area (Å²) < 4.78 is 13.1. The van der Waals surface area contributed by atoms with E-state index in [1.807, 2.05) is 19.1 Å². The maximum absolute atomic E-state index is 13.1. The quantitative estimate of drug-likeness (QED) is 0.628. The zero-order valence-corrected chi connectivity index (χ0v) is 9.05. The van der Waals surface area contributed by atoms with Crippen LogP contribution in [0.1, 0.15) is 43.7 Å². The van der Waals surface area contributed by atoms with Crippen molar-refractivity contribution in [1.29, 1.82) is 0 Å². The molecule has 0 aliphatic rings. The minimum absolute atomic E-state index is 0.168. The van der Waals surface area contributed by atoms with E-state index in [2.05, 4.69) is 20.4 Å². The lowest BCUT2D eigenvalue weighted by molar-refractivity contribution is 0.622. The Morgan fingerprint density at radius 1 is 1.21 bits per heavy atom. The third-order valence-electron chi connectivity index (χ3n) is 2.51. The second-order valence-corrected chi connectivity index (χ2v) is 3.95. The molecule has 0 radical (unpaired) electrons. The fourth-order valence-corrected chi connectivity index (χ4v) is 1.59. The van der Waals surface area contributed by atoms with Crippen LogP contribution in [0.5, 0.6) is 0 Å². The molecule has 0 nitrogen and oxygen atoms in total. The van der Waals surface area contributed by atoms with Gasteiger partial charge in [0.05, 0.1) is 0 Å². The summed E-state index contributed by atoms with van der Waals surface area (Å²) in [7, 11) is 0. The van der Waals surface area contributed by atoms with Gasteiger partial charge in [0.1, 0.15) is 5.82 Å². The lowest BCUT2D eigenvalue weighted by atomic mass is 9.90.